The summed E-state index contributed by atoms with van der Waals surface area (Å²) in [7, 11) is 8.16. The zero-order valence-corrected chi connectivity index (χ0v) is 13.7. The summed E-state index contributed by atoms with van der Waals surface area (Å²) in [5, 5.41) is 0. The van der Waals surface area contributed by atoms with Gasteiger partial charge in [0.1, 0.15) is 5.60 Å². The van der Waals surface area contributed by atoms with Gasteiger partial charge in [0, 0.05) is 26.2 Å². The number of likely N-dealkylation sites (N-methyl/N-ethyl adjacent to an activating group) is 2. The Balaban J connectivity index is 4.27. The number of esters is 1. The van der Waals surface area contributed by atoms with E-state index in [9.17, 15) is 4.79 Å². The fraction of sp³-hybridized carbons (Fsp3) is 0.929. The molecule has 0 atom stereocenters. The molecule has 114 valence electrons. The second kappa shape index (κ2) is 8.51. The number of ether oxygens (including phenoxy) is 1. The molecule has 0 aliphatic rings. The molecule has 0 radical (unpaired) electrons. The predicted molar refractivity (Wildman–Crippen MR) is 79.4 cm³/mol. The van der Waals surface area contributed by atoms with Crippen molar-refractivity contribution in [3.8, 4) is 0 Å². The van der Waals surface area contributed by atoms with Gasteiger partial charge in [0.25, 0.3) is 0 Å². The topological polar surface area (TPSA) is 36.0 Å². The molecule has 19 heavy (non-hydrogen) atoms. The van der Waals surface area contributed by atoms with Crippen LogP contribution in [-0.2, 0) is 9.53 Å². The molecule has 0 fully saturated rings. The maximum absolute atomic E-state index is 11.9. The summed E-state index contributed by atoms with van der Waals surface area (Å²) in [5.41, 5.74) is -0.411. The van der Waals surface area contributed by atoms with Crippen LogP contribution < -0.4 is 0 Å². The lowest BCUT2D eigenvalue weighted by Crippen LogP contribution is -2.41. The van der Waals surface area contributed by atoms with Crippen molar-refractivity contribution in [2.75, 3.05) is 60.9 Å². The Bertz CT molecular complexity index is 248. The standard InChI is InChI=1S/C14H31N3O2/c1-14(2,3)19-13(18)12-17(10-8-15(4)5)11-9-16(6)7/h8-12H2,1-7H3. The van der Waals surface area contributed by atoms with E-state index >= 15 is 0 Å². The summed E-state index contributed by atoms with van der Waals surface area (Å²) in [6, 6.07) is 0. The third-order valence-corrected chi connectivity index (χ3v) is 2.50. The minimum atomic E-state index is -0.411. The van der Waals surface area contributed by atoms with Gasteiger partial charge in [0.2, 0.25) is 0 Å². The van der Waals surface area contributed by atoms with Gasteiger partial charge in [-0.2, -0.15) is 0 Å². The van der Waals surface area contributed by atoms with Crippen molar-refractivity contribution in [3.05, 3.63) is 0 Å². The number of carbonyl (C=O) groups excluding carboxylic acids is 1. The van der Waals surface area contributed by atoms with Crippen molar-refractivity contribution in [1.82, 2.24) is 14.7 Å². The summed E-state index contributed by atoms with van der Waals surface area (Å²) in [4.78, 5) is 18.3. The summed E-state index contributed by atoms with van der Waals surface area (Å²) in [6.45, 7) is 9.68. The summed E-state index contributed by atoms with van der Waals surface area (Å²) in [5.74, 6) is -0.148. The predicted octanol–water partition coefficient (Wildman–Crippen LogP) is 0.753. The first kappa shape index (κ1) is 18.4. The molecule has 0 saturated heterocycles. The van der Waals surface area contributed by atoms with E-state index in [-0.39, 0.29) is 5.97 Å². The van der Waals surface area contributed by atoms with E-state index in [1.807, 2.05) is 49.0 Å². The number of carbonyl (C=O) groups is 1. The smallest absolute Gasteiger partial charge is 0.320 e. The maximum Gasteiger partial charge on any atom is 0.320 e. The third kappa shape index (κ3) is 12.1. The van der Waals surface area contributed by atoms with Crippen LogP contribution >= 0.6 is 0 Å². The van der Waals surface area contributed by atoms with Gasteiger partial charge in [-0.15, -0.1) is 0 Å². The molecular weight excluding hydrogens is 242 g/mol. The molecule has 0 N–H and O–H groups in total. The minimum Gasteiger partial charge on any atom is -0.459 e. The summed E-state index contributed by atoms with van der Waals surface area (Å²) >= 11 is 0. The van der Waals surface area contributed by atoms with E-state index in [0.717, 1.165) is 26.2 Å². The lowest BCUT2D eigenvalue weighted by molar-refractivity contribution is -0.156. The first-order valence-electron chi connectivity index (χ1n) is 6.84. The van der Waals surface area contributed by atoms with Crippen molar-refractivity contribution >= 4 is 5.97 Å². The molecule has 0 saturated carbocycles. The molecule has 0 unspecified atom stereocenters. The van der Waals surface area contributed by atoms with E-state index in [1.54, 1.807) is 0 Å². The van der Waals surface area contributed by atoms with E-state index in [4.69, 9.17) is 4.74 Å². The lowest BCUT2D eigenvalue weighted by atomic mass is 10.2. The van der Waals surface area contributed by atoms with Crippen LogP contribution in [0.2, 0.25) is 0 Å². The number of hydrogen-bond donors (Lipinski definition) is 0. The molecule has 0 bridgehead atoms. The number of hydrogen-bond acceptors (Lipinski definition) is 5. The van der Waals surface area contributed by atoms with Gasteiger partial charge in [-0.05, 0) is 49.0 Å². The zero-order valence-electron chi connectivity index (χ0n) is 13.7. The molecule has 5 nitrogen and oxygen atoms in total. The van der Waals surface area contributed by atoms with Crippen molar-refractivity contribution in [3.63, 3.8) is 0 Å². The fourth-order valence-electron chi connectivity index (χ4n) is 1.51. The van der Waals surface area contributed by atoms with Crippen LogP contribution in [0.15, 0.2) is 0 Å². The molecule has 0 spiro atoms. The Labute approximate surface area is 118 Å². The Kier molecular flexibility index (Phi) is 8.22. The van der Waals surface area contributed by atoms with E-state index in [2.05, 4.69) is 14.7 Å². The van der Waals surface area contributed by atoms with Crippen LogP contribution in [0.1, 0.15) is 20.8 Å². The van der Waals surface area contributed by atoms with Gasteiger partial charge in [0.05, 0.1) is 6.54 Å². The number of rotatable bonds is 8. The second-order valence-corrected chi connectivity index (χ2v) is 6.47. The molecule has 0 heterocycles. The number of nitrogens with zero attached hydrogens (tertiary/aromatic N) is 3. The molecule has 0 aromatic carbocycles. The first-order valence-corrected chi connectivity index (χ1v) is 6.84. The second-order valence-electron chi connectivity index (χ2n) is 6.47. The normalized spacial score (nSPS) is 12.5. The van der Waals surface area contributed by atoms with Crippen molar-refractivity contribution < 1.29 is 9.53 Å². The van der Waals surface area contributed by atoms with Crippen LogP contribution in [0.5, 0.6) is 0 Å². The van der Waals surface area contributed by atoms with Crippen LogP contribution in [0.4, 0.5) is 0 Å². The van der Waals surface area contributed by atoms with Gasteiger partial charge in [-0.1, -0.05) is 0 Å². The minimum absolute atomic E-state index is 0.148. The largest absolute Gasteiger partial charge is 0.459 e. The maximum atomic E-state index is 11.9. The van der Waals surface area contributed by atoms with E-state index < -0.39 is 5.60 Å². The first-order chi connectivity index (χ1) is 8.60. The molecule has 0 aliphatic heterocycles. The van der Waals surface area contributed by atoms with Crippen LogP contribution in [0.25, 0.3) is 0 Å². The van der Waals surface area contributed by atoms with Crippen molar-refractivity contribution in [1.29, 1.82) is 0 Å². The average Bonchev–Trinajstić information content (AvgIpc) is 2.18. The molecule has 5 heteroatoms. The third-order valence-electron chi connectivity index (χ3n) is 2.50. The van der Waals surface area contributed by atoms with Crippen LogP contribution in [0, 0.1) is 0 Å². The molecule has 0 amide bonds. The Hall–Kier alpha value is -0.650. The quantitative estimate of drug-likeness (QED) is 0.610. The highest BCUT2D eigenvalue weighted by molar-refractivity contribution is 5.72. The van der Waals surface area contributed by atoms with Crippen LogP contribution in [-0.4, -0.2) is 87.2 Å². The van der Waals surface area contributed by atoms with Crippen molar-refractivity contribution in [2.45, 2.75) is 26.4 Å². The molecule has 0 aromatic heterocycles. The van der Waals surface area contributed by atoms with Gasteiger partial charge in [0.15, 0.2) is 0 Å². The SMILES string of the molecule is CN(C)CCN(CCN(C)C)CC(=O)OC(C)(C)C. The summed E-state index contributed by atoms with van der Waals surface area (Å²) < 4.78 is 5.37. The van der Waals surface area contributed by atoms with Gasteiger partial charge in [-0.3, -0.25) is 9.69 Å². The fourth-order valence-corrected chi connectivity index (χ4v) is 1.51. The highest BCUT2D eigenvalue weighted by atomic mass is 16.6. The highest BCUT2D eigenvalue weighted by Crippen LogP contribution is 2.07. The lowest BCUT2D eigenvalue weighted by Gasteiger charge is -2.27. The monoisotopic (exact) mass is 273 g/mol. The molecule has 0 rings (SSSR count). The average molecular weight is 273 g/mol. The molecular formula is C14H31N3O2. The Morgan fingerprint density at radius 2 is 1.32 bits per heavy atom. The van der Waals surface area contributed by atoms with Gasteiger partial charge < -0.3 is 14.5 Å². The molecule has 0 aliphatic carbocycles. The Morgan fingerprint density at radius 1 is 0.895 bits per heavy atom. The Morgan fingerprint density at radius 3 is 1.63 bits per heavy atom. The van der Waals surface area contributed by atoms with Crippen molar-refractivity contribution in [2.24, 2.45) is 0 Å². The van der Waals surface area contributed by atoms with Crippen LogP contribution in [0.3, 0.4) is 0 Å². The van der Waals surface area contributed by atoms with E-state index in [0.29, 0.717) is 6.54 Å². The van der Waals surface area contributed by atoms with Gasteiger partial charge in [-0.25, -0.2) is 0 Å². The highest BCUT2D eigenvalue weighted by Gasteiger charge is 2.19. The molecule has 0 aromatic rings. The summed E-state index contributed by atoms with van der Waals surface area (Å²) in [6.07, 6.45) is 0. The van der Waals surface area contributed by atoms with E-state index in [1.165, 1.54) is 0 Å². The zero-order chi connectivity index (χ0) is 15.1. The van der Waals surface area contributed by atoms with Gasteiger partial charge >= 0.3 is 5.97 Å².